The van der Waals surface area contributed by atoms with Crippen LogP contribution in [0.25, 0.3) is 11.1 Å². The van der Waals surface area contributed by atoms with E-state index in [1.165, 1.54) is 20.1 Å². The van der Waals surface area contributed by atoms with Gasteiger partial charge in [0.05, 0.1) is 33.1 Å². The van der Waals surface area contributed by atoms with Gasteiger partial charge in [-0.15, -0.1) is 0 Å². The molecule has 0 saturated heterocycles. The molecule has 2 atom stereocenters. The number of hydrogen-bond acceptors (Lipinski definition) is 9. The fraction of sp³-hybridized carbons (Fsp3) is 0.382. The van der Waals surface area contributed by atoms with Gasteiger partial charge < -0.3 is 39.6 Å². The molecule has 0 fully saturated rings. The van der Waals surface area contributed by atoms with E-state index < -0.39 is 12.1 Å². The Hall–Kier alpha value is -4.93. The number of carbonyl (C=O) groups is 2. The minimum absolute atomic E-state index is 0.172. The number of methoxy groups -OCH3 is 3. The van der Waals surface area contributed by atoms with Gasteiger partial charge in [-0.05, 0) is 65.8 Å². The molecule has 238 valence electrons. The Morgan fingerprint density at radius 1 is 0.911 bits per heavy atom. The lowest BCUT2D eigenvalue weighted by Gasteiger charge is -2.23. The van der Waals surface area contributed by atoms with Crippen molar-refractivity contribution in [3.63, 3.8) is 0 Å². The normalized spacial score (nSPS) is 15.5. The van der Waals surface area contributed by atoms with E-state index in [0.717, 1.165) is 11.1 Å². The van der Waals surface area contributed by atoms with Crippen LogP contribution in [0.3, 0.4) is 0 Å². The Labute approximate surface area is 262 Å². The lowest BCUT2D eigenvalue weighted by Crippen LogP contribution is -2.40. The number of ether oxygens (including phenoxy) is 5. The summed E-state index contributed by atoms with van der Waals surface area (Å²) in [5.41, 5.74) is 3.46. The van der Waals surface area contributed by atoms with E-state index in [1.807, 2.05) is 26.0 Å². The largest absolute Gasteiger partial charge is 0.493 e. The first-order chi connectivity index (χ1) is 21.6. The number of anilines is 2. The molecule has 1 aliphatic heterocycles. The summed E-state index contributed by atoms with van der Waals surface area (Å²) in [6.07, 6.45) is 1.13. The highest BCUT2D eigenvalue weighted by Gasteiger charge is 2.30. The average Bonchev–Trinajstić information content (AvgIpc) is 3.26. The van der Waals surface area contributed by atoms with Crippen LogP contribution in [0.15, 0.2) is 47.3 Å². The molecule has 0 bridgehead atoms. The smallest absolute Gasteiger partial charge is 0.247 e. The van der Waals surface area contributed by atoms with Crippen LogP contribution in [0, 0.1) is 5.92 Å². The Bertz CT molecular complexity index is 1670. The molecule has 11 heteroatoms. The number of carbonyl (C=O) groups excluding carboxylic acids is 2. The molecular weight excluding hydrogens is 578 g/mol. The van der Waals surface area contributed by atoms with Crippen molar-refractivity contribution >= 4 is 23.2 Å². The molecule has 0 saturated carbocycles. The molecule has 45 heavy (non-hydrogen) atoms. The molecule has 2 unspecified atom stereocenters. The summed E-state index contributed by atoms with van der Waals surface area (Å²) < 4.78 is 28.4. The van der Waals surface area contributed by atoms with E-state index in [0.29, 0.717) is 71.6 Å². The van der Waals surface area contributed by atoms with Crippen molar-refractivity contribution in [2.24, 2.45) is 5.92 Å². The molecule has 0 radical (unpaired) electrons. The third kappa shape index (κ3) is 6.47. The van der Waals surface area contributed by atoms with Crippen molar-refractivity contribution in [2.75, 3.05) is 45.2 Å². The highest BCUT2D eigenvalue weighted by molar-refractivity contribution is 5.97. The molecule has 3 aromatic carbocycles. The van der Waals surface area contributed by atoms with Crippen molar-refractivity contribution in [3.8, 4) is 39.9 Å². The van der Waals surface area contributed by atoms with Gasteiger partial charge in [0, 0.05) is 24.2 Å². The number of nitrogens with one attached hydrogen (secondary N) is 3. The molecule has 0 spiro atoms. The zero-order valence-electron chi connectivity index (χ0n) is 26.4. The molecule has 2 amide bonds. The molecule has 1 heterocycles. The van der Waals surface area contributed by atoms with Crippen LogP contribution < -0.4 is 45.1 Å². The van der Waals surface area contributed by atoms with Gasteiger partial charge in [0.25, 0.3) is 0 Å². The summed E-state index contributed by atoms with van der Waals surface area (Å²) in [5, 5.41) is 9.14. The molecular formula is C34H39N3O8. The van der Waals surface area contributed by atoms with Crippen LogP contribution in [0.5, 0.6) is 28.7 Å². The summed E-state index contributed by atoms with van der Waals surface area (Å²) in [5.74, 6) is 1.89. The number of aryl methyl sites for hydroxylation is 1. The predicted octanol–water partition coefficient (Wildman–Crippen LogP) is 4.71. The third-order valence-electron chi connectivity index (χ3n) is 7.99. The van der Waals surface area contributed by atoms with Gasteiger partial charge in [-0.25, -0.2) is 0 Å². The first-order valence-electron chi connectivity index (χ1n) is 14.9. The highest BCUT2D eigenvalue weighted by Crippen LogP contribution is 2.50. The number of hydrogen-bond donors (Lipinski definition) is 3. The number of amides is 2. The summed E-state index contributed by atoms with van der Waals surface area (Å²) in [7, 11) is 4.65. The summed E-state index contributed by atoms with van der Waals surface area (Å²) in [6, 6.07) is 11.0. The SMILES string of the molecule is COc1cc2c(c(OC)c1OC)-c1ccc(NC(C(=O)Nc3ccc4c(c3)OCCO4)C(C)C)c(=O)cc1C(NC(C)=O)CC2. The molecule has 0 aromatic heterocycles. The lowest BCUT2D eigenvalue weighted by molar-refractivity contribution is -0.120. The zero-order valence-corrected chi connectivity index (χ0v) is 26.4. The van der Waals surface area contributed by atoms with Gasteiger partial charge >= 0.3 is 0 Å². The monoisotopic (exact) mass is 617 g/mol. The number of rotatable bonds is 9. The van der Waals surface area contributed by atoms with Crippen LogP contribution in [-0.2, 0) is 16.0 Å². The van der Waals surface area contributed by atoms with Crippen LogP contribution in [0.2, 0.25) is 0 Å². The van der Waals surface area contributed by atoms with Crippen LogP contribution in [-0.4, -0.2) is 52.4 Å². The first-order valence-corrected chi connectivity index (χ1v) is 14.9. The molecule has 3 aromatic rings. The fourth-order valence-corrected chi connectivity index (χ4v) is 5.87. The average molecular weight is 618 g/mol. The van der Waals surface area contributed by atoms with E-state index in [2.05, 4.69) is 16.0 Å². The molecule has 1 aliphatic carbocycles. The van der Waals surface area contributed by atoms with E-state index >= 15 is 0 Å². The van der Waals surface area contributed by atoms with Crippen LogP contribution >= 0.6 is 0 Å². The second kappa shape index (κ2) is 13.4. The Kier molecular flexibility index (Phi) is 9.36. The van der Waals surface area contributed by atoms with E-state index in [9.17, 15) is 14.4 Å². The van der Waals surface area contributed by atoms with Crippen molar-refractivity contribution in [1.29, 1.82) is 0 Å². The molecule has 5 rings (SSSR count). The van der Waals surface area contributed by atoms with Gasteiger partial charge in [-0.2, -0.15) is 0 Å². The van der Waals surface area contributed by atoms with E-state index in [4.69, 9.17) is 23.7 Å². The van der Waals surface area contributed by atoms with Crippen molar-refractivity contribution in [1.82, 2.24) is 5.32 Å². The maximum absolute atomic E-state index is 13.8. The van der Waals surface area contributed by atoms with Crippen molar-refractivity contribution < 1.29 is 33.3 Å². The van der Waals surface area contributed by atoms with Crippen LogP contribution in [0.4, 0.5) is 11.4 Å². The number of benzene rings is 2. The topological polar surface area (TPSA) is 133 Å². The second-order valence-electron chi connectivity index (χ2n) is 11.3. The summed E-state index contributed by atoms with van der Waals surface area (Å²) in [4.78, 5) is 39.6. The quantitative estimate of drug-likeness (QED) is 0.312. The fourth-order valence-electron chi connectivity index (χ4n) is 5.87. The van der Waals surface area contributed by atoms with Gasteiger partial charge in [0.1, 0.15) is 19.3 Å². The van der Waals surface area contributed by atoms with Crippen molar-refractivity contribution in [3.05, 3.63) is 63.8 Å². The van der Waals surface area contributed by atoms with Gasteiger partial charge in [-0.1, -0.05) is 19.9 Å². The highest BCUT2D eigenvalue weighted by atomic mass is 16.6. The van der Waals surface area contributed by atoms with Crippen LogP contribution in [0.1, 0.15) is 44.4 Å². The maximum atomic E-state index is 13.8. The Morgan fingerprint density at radius 3 is 2.31 bits per heavy atom. The standard InChI is InChI=1S/C34H39N3O8/c1-18(2)31(34(40)36-21-8-12-27-28(16-21)45-14-13-44-27)37-25-11-9-22-23(17-26(25)39)24(35-19(3)38)10-7-20-15-29(41-4)32(42-5)33(43-6)30(20)22/h8-9,11-12,15-18,24,31H,7,10,13-14H2,1-6H3,(H,35,38)(H,36,40)(H,37,39). The third-order valence-corrected chi connectivity index (χ3v) is 7.99. The zero-order chi connectivity index (χ0) is 32.2. The lowest BCUT2D eigenvalue weighted by atomic mass is 9.95. The summed E-state index contributed by atoms with van der Waals surface area (Å²) in [6.45, 7) is 6.15. The molecule has 11 nitrogen and oxygen atoms in total. The predicted molar refractivity (Wildman–Crippen MR) is 171 cm³/mol. The maximum Gasteiger partial charge on any atom is 0.247 e. The van der Waals surface area contributed by atoms with Gasteiger partial charge in [0.2, 0.25) is 23.0 Å². The van der Waals surface area contributed by atoms with E-state index in [-0.39, 0.29) is 28.8 Å². The molecule has 2 aliphatic rings. The number of fused-ring (bicyclic) bond motifs is 4. The Morgan fingerprint density at radius 2 is 1.64 bits per heavy atom. The molecule has 3 N–H and O–H groups in total. The van der Waals surface area contributed by atoms with Gasteiger partial charge in [-0.3, -0.25) is 14.4 Å². The van der Waals surface area contributed by atoms with E-state index in [1.54, 1.807) is 38.5 Å². The minimum Gasteiger partial charge on any atom is -0.493 e. The van der Waals surface area contributed by atoms with Gasteiger partial charge in [0.15, 0.2) is 23.0 Å². The minimum atomic E-state index is -0.745. The Balaban J connectivity index is 1.56. The van der Waals surface area contributed by atoms with Crippen molar-refractivity contribution in [2.45, 2.75) is 45.7 Å². The second-order valence-corrected chi connectivity index (χ2v) is 11.3. The first kappa shape index (κ1) is 31.5. The summed E-state index contributed by atoms with van der Waals surface area (Å²) >= 11 is 0.